The molecule has 2 aromatic carbocycles. The van der Waals surface area contributed by atoms with Crippen molar-refractivity contribution < 1.29 is 12.8 Å². The first-order chi connectivity index (χ1) is 11.5. The molecule has 6 heteroatoms. The van der Waals surface area contributed by atoms with Gasteiger partial charge in [-0.25, -0.2) is 17.5 Å². The molecule has 0 saturated heterocycles. The minimum Gasteiger partial charge on any atom is -0.212 e. The first kappa shape index (κ1) is 16.8. The molecule has 1 aromatic heterocycles. The number of hydrogen-bond donors (Lipinski definition) is 1. The van der Waals surface area contributed by atoms with E-state index in [9.17, 15) is 12.8 Å². The minimum atomic E-state index is -3.56. The van der Waals surface area contributed by atoms with Gasteiger partial charge in [-0.05, 0) is 34.7 Å². The van der Waals surface area contributed by atoms with Gasteiger partial charge in [-0.2, -0.15) is 0 Å². The average Bonchev–Trinajstić information content (AvgIpc) is 3.08. The highest BCUT2D eigenvalue weighted by molar-refractivity contribution is 7.88. The Morgan fingerprint density at radius 3 is 2.29 bits per heavy atom. The van der Waals surface area contributed by atoms with E-state index in [1.54, 1.807) is 24.3 Å². The van der Waals surface area contributed by atoms with E-state index < -0.39 is 16.1 Å². The van der Waals surface area contributed by atoms with E-state index >= 15 is 0 Å². The summed E-state index contributed by atoms with van der Waals surface area (Å²) < 4.78 is 41.1. The van der Waals surface area contributed by atoms with Gasteiger partial charge < -0.3 is 0 Å². The summed E-state index contributed by atoms with van der Waals surface area (Å²) in [6.07, 6.45) is 0. The highest BCUT2D eigenvalue weighted by Crippen LogP contribution is 2.27. The third-order valence-electron chi connectivity index (χ3n) is 3.53. The highest BCUT2D eigenvalue weighted by atomic mass is 32.2. The molecule has 1 N–H and O–H groups in total. The van der Waals surface area contributed by atoms with Crippen molar-refractivity contribution >= 4 is 21.4 Å². The van der Waals surface area contributed by atoms with Gasteiger partial charge in [-0.3, -0.25) is 0 Å². The lowest BCUT2D eigenvalue weighted by Crippen LogP contribution is -2.30. The molecular formula is C18H16FNO2S2. The highest BCUT2D eigenvalue weighted by Gasteiger charge is 2.22. The molecule has 0 radical (unpaired) electrons. The normalized spacial score (nSPS) is 12.9. The van der Waals surface area contributed by atoms with E-state index in [2.05, 4.69) is 4.72 Å². The van der Waals surface area contributed by atoms with Gasteiger partial charge in [0.2, 0.25) is 10.0 Å². The van der Waals surface area contributed by atoms with Crippen molar-refractivity contribution in [1.82, 2.24) is 4.72 Å². The predicted octanol–water partition coefficient (Wildman–Crippen LogP) is 4.10. The Kier molecular flexibility index (Phi) is 5.08. The minimum absolute atomic E-state index is 0.100. The number of thiophene rings is 1. The Morgan fingerprint density at radius 2 is 1.67 bits per heavy atom. The van der Waals surface area contributed by atoms with Crippen molar-refractivity contribution in [2.45, 2.75) is 11.8 Å². The number of sulfonamides is 1. The molecule has 0 unspecified atom stereocenters. The summed E-state index contributed by atoms with van der Waals surface area (Å²) >= 11 is 1.46. The number of rotatable bonds is 6. The number of nitrogens with one attached hydrogen (secondary N) is 1. The summed E-state index contributed by atoms with van der Waals surface area (Å²) in [7, 11) is -3.56. The maximum absolute atomic E-state index is 13.2. The Labute approximate surface area is 144 Å². The lowest BCUT2D eigenvalue weighted by molar-refractivity contribution is 0.572. The third-order valence-corrected chi connectivity index (χ3v) is 5.77. The SMILES string of the molecule is O=S(=O)(Cc1ccccc1)N[C@H](c1ccc(F)cc1)c1cccs1. The molecule has 3 rings (SSSR count). The van der Waals surface area contributed by atoms with E-state index in [-0.39, 0.29) is 11.6 Å². The fraction of sp³-hybridized carbons (Fsp3) is 0.111. The van der Waals surface area contributed by atoms with E-state index in [4.69, 9.17) is 0 Å². The summed E-state index contributed by atoms with van der Waals surface area (Å²) in [6.45, 7) is 0. The number of hydrogen-bond acceptors (Lipinski definition) is 3. The fourth-order valence-electron chi connectivity index (χ4n) is 2.42. The first-order valence-corrected chi connectivity index (χ1v) is 9.89. The monoisotopic (exact) mass is 361 g/mol. The molecule has 1 heterocycles. The van der Waals surface area contributed by atoms with Gasteiger partial charge in [0.05, 0.1) is 11.8 Å². The number of benzene rings is 2. The Balaban J connectivity index is 1.88. The van der Waals surface area contributed by atoms with E-state index in [1.807, 2.05) is 35.7 Å². The molecule has 3 aromatic rings. The van der Waals surface area contributed by atoms with Crippen molar-refractivity contribution in [2.75, 3.05) is 0 Å². The summed E-state index contributed by atoms with van der Waals surface area (Å²) in [4.78, 5) is 0.859. The Bertz CT molecular complexity index is 877. The standard InChI is InChI=1S/C18H16FNO2S2/c19-16-10-8-15(9-11-16)18(17-7-4-12-23-17)20-24(21,22)13-14-5-2-1-3-6-14/h1-12,18,20H,13H2/t18-/m1/s1. The average molecular weight is 361 g/mol. The summed E-state index contributed by atoms with van der Waals surface area (Å²) in [6, 6.07) is 18.1. The van der Waals surface area contributed by atoms with Crippen molar-refractivity contribution in [2.24, 2.45) is 0 Å². The van der Waals surface area contributed by atoms with Gasteiger partial charge in [-0.15, -0.1) is 11.3 Å². The quantitative estimate of drug-likeness (QED) is 0.719. The molecule has 0 spiro atoms. The van der Waals surface area contributed by atoms with Crippen LogP contribution in [0.4, 0.5) is 4.39 Å². The van der Waals surface area contributed by atoms with Crippen molar-refractivity contribution in [3.8, 4) is 0 Å². The smallest absolute Gasteiger partial charge is 0.212 e. The van der Waals surface area contributed by atoms with Crippen LogP contribution in [-0.2, 0) is 15.8 Å². The summed E-state index contributed by atoms with van der Waals surface area (Å²) in [5.41, 5.74) is 1.42. The second-order valence-electron chi connectivity index (χ2n) is 5.36. The van der Waals surface area contributed by atoms with Crippen LogP contribution in [0.2, 0.25) is 0 Å². The van der Waals surface area contributed by atoms with Crippen molar-refractivity contribution in [3.05, 3.63) is 93.9 Å². The molecule has 124 valence electrons. The molecule has 0 aliphatic heterocycles. The van der Waals surface area contributed by atoms with E-state index in [0.29, 0.717) is 11.1 Å². The van der Waals surface area contributed by atoms with Crippen LogP contribution in [0.3, 0.4) is 0 Å². The second-order valence-corrected chi connectivity index (χ2v) is 8.10. The zero-order valence-corrected chi connectivity index (χ0v) is 14.4. The molecular weight excluding hydrogens is 345 g/mol. The maximum atomic E-state index is 13.2. The molecule has 0 bridgehead atoms. The number of halogens is 1. The lowest BCUT2D eigenvalue weighted by Gasteiger charge is -2.18. The van der Waals surface area contributed by atoms with Crippen LogP contribution >= 0.6 is 11.3 Å². The summed E-state index contributed by atoms with van der Waals surface area (Å²) in [5.74, 6) is -0.451. The third kappa shape index (κ3) is 4.29. The molecule has 3 nitrogen and oxygen atoms in total. The van der Waals surface area contributed by atoms with Gasteiger partial charge >= 0.3 is 0 Å². The van der Waals surface area contributed by atoms with Crippen molar-refractivity contribution in [3.63, 3.8) is 0 Å². The van der Waals surface area contributed by atoms with Gasteiger partial charge in [0.1, 0.15) is 5.82 Å². The maximum Gasteiger partial charge on any atom is 0.216 e. The van der Waals surface area contributed by atoms with Crippen LogP contribution in [0.5, 0.6) is 0 Å². The first-order valence-electron chi connectivity index (χ1n) is 7.36. The van der Waals surface area contributed by atoms with Crippen LogP contribution in [0.25, 0.3) is 0 Å². The van der Waals surface area contributed by atoms with E-state index in [0.717, 1.165) is 4.88 Å². The molecule has 24 heavy (non-hydrogen) atoms. The zero-order valence-electron chi connectivity index (χ0n) is 12.7. The fourth-order valence-corrected chi connectivity index (χ4v) is 4.63. The van der Waals surface area contributed by atoms with E-state index in [1.165, 1.54) is 23.5 Å². The van der Waals surface area contributed by atoms with Crippen LogP contribution in [0.15, 0.2) is 72.1 Å². The van der Waals surface area contributed by atoms with Gasteiger partial charge in [-0.1, -0.05) is 48.5 Å². The second kappa shape index (κ2) is 7.25. The largest absolute Gasteiger partial charge is 0.216 e. The van der Waals surface area contributed by atoms with Crippen LogP contribution in [0, 0.1) is 5.82 Å². The lowest BCUT2D eigenvalue weighted by atomic mass is 10.1. The van der Waals surface area contributed by atoms with Crippen LogP contribution in [0.1, 0.15) is 22.0 Å². The molecule has 1 atom stereocenters. The predicted molar refractivity (Wildman–Crippen MR) is 94.8 cm³/mol. The Hall–Kier alpha value is -2.02. The van der Waals surface area contributed by atoms with Gasteiger partial charge in [0, 0.05) is 4.88 Å². The molecule has 0 aliphatic carbocycles. The molecule has 0 amide bonds. The van der Waals surface area contributed by atoms with Crippen molar-refractivity contribution in [1.29, 1.82) is 0 Å². The molecule has 0 fully saturated rings. The topological polar surface area (TPSA) is 46.2 Å². The Morgan fingerprint density at radius 1 is 0.958 bits per heavy atom. The van der Waals surface area contributed by atoms with Gasteiger partial charge in [0.25, 0.3) is 0 Å². The zero-order chi connectivity index (χ0) is 17.0. The van der Waals surface area contributed by atoms with Gasteiger partial charge in [0.15, 0.2) is 0 Å². The molecule has 0 saturated carbocycles. The molecule has 0 aliphatic rings. The summed E-state index contributed by atoms with van der Waals surface area (Å²) in [5, 5.41) is 1.89. The van der Waals surface area contributed by atoms with Crippen LogP contribution < -0.4 is 4.72 Å². The van der Waals surface area contributed by atoms with Crippen LogP contribution in [-0.4, -0.2) is 8.42 Å².